The first-order valence-corrected chi connectivity index (χ1v) is 6.38. The van der Waals surface area contributed by atoms with Gasteiger partial charge >= 0.3 is 0 Å². The fourth-order valence-electron chi connectivity index (χ4n) is 2.69. The van der Waals surface area contributed by atoms with Crippen molar-refractivity contribution in [2.75, 3.05) is 12.4 Å². The Kier molecular flexibility index (Phi) is 3.11. The van der Waals surface area contributed by atoms with Crippen molar-refractivity contribution in [2.45, 2.75) is 31.4 Å². The molecule has 1 fully saturated rings. The van der Waals surface area contributed by atoms with Gasteiger partial charge in [0.15, 0.2) is 0 Å². The number of methoxy groups -OCH3 is 1. The lowest BCUT2D eigenvalue weighted by molar-refractivity contribution is 0.101. The summed E-state index contributed by atoms with van der Waals surface area (Å²) in [6.45, 7) is 0. The molecule has 0 radical (unpaired) electrons. The van der Waals surface area contributed by atoms with Crippen molar-refractivity contribution in [1.29, 1.82) is 0 Å². The van der Waals surface area contributed by atoms with Crippen molar-refractivity contribution in [1.82, 2.24) is 10.2 Å². The molecule has 94 valence electrons. The summed E-state index contributed by atoms with van der Waals surface area (Å²) in [4.78, 5) is 0. The van der Waals surface area contributed by atoms with E-state index in [-0.39, 0.29) is 0 Å². The molecular formula is C14H17N3O. The Bertz CT molecular complexity index is 538. The zero-order chi connectivity index (χ0) is 12.4. The van der Waals surface area contributed by atoms with Crippen molar-refractivity contribution in [3.8, 4) is 0 Å². The van der Waals surface area contributed by atoms with E-state index in [1.807, 2.05) is 18.2 Å². The third kappa shape index (κ3) is 2.04. The highest BCUT2D eigenvalue weighted by Gasteiger charge is 2.27. The monoisotopic (exact) mass is 243 g/mol. The Hall–Kier alpha value is -1.68. The van der Waals surface area contributed by atoms with Crippen molar-refractivity contribution < 1.29 is 4.74 Å². The molecule has 4 nitrogen and oxygen atoms in total. The van der Waals surface area contributed by atoms with Crippen LogP contribution in [0.3, 0.4) is 0 Å². The first-order valence-electron chi connectivity index (χ1n) is 6.38. The molecule has 1 N–H and O–H groups in total. The minimum atomic E-state index is 0.303. The second-order valence-electron chi connectivity index (χ2n) is 4.73. The van der Waals surface area contributed by atoms with Crippen LogP contribution in [0.2, 0.25) is 0 Å². The lowest BCUT2D eigenvalue weighted by Gasteiger charge is -2.21. The molecule has 1 aromatic heterocycles. The van der Waals surface area contributed by atoms with E-state index in [4.69, 9.17) is 4.74 Å². The summed E-state index contributed by atoms with van der Waals surface area (Å²) < 4.78 is 5.51. The molecule has 1 aromatic carbocycles. The van der Waals surface area contributed by atoms with Crippen molar-refractivity contribution in [3.05, 3.63) is 30.5 Å². The molecule has 1 heterocycles. The second-order valence-corrected chi connectivity index (χ2v) is 4.73. The highest BCUT2D eigenvalue weighted by atomic mass is 16.5. The van der Waals surface area contributed by atoms with E-state index in [1.54, 1.807) is 13.3 Å². The molecule has 4 heteroatoms. The summed E-state index contributed by atoms with van der Waals surface area (Å²) in [5, 5.41) is 12.9. The maximum atomic E-state index is 5.51. The summed E-state index contributed by atoms with van der Waals surface area (Å²) >= 11 is 0. The Balaban J connectivity index is 1.90. The van der Waals surface area contributed by atoms with E-state index < -0.39 is 0 Å². The van der Waals surface area contributed by atoms with E-state index >= 15 is 0 Å². The lowest BCUT2D eigenvalue weighted by Crippen LogP contribution is -2.29. The second kappa shape index (κ2) is 4.90. The molecule has 2 unspecified atom stereocenters. The number of aromatic nitrogens is 2. The third-order valence-electron chi connectivity index (χ3n) is 3.64. The molecule has 0 spiro atoms. The highest BCUT2D eigenvalue weighted by molar-refractivity contribution is 5.90. The molecule has 0 aliphatic heterocycles. The zero-order valence-electron chi connectivity index (χ0n) is 10.5. The fourth-order valence-corrected chi connectivity index (χ4v) is 2.69. The summed E-state index contributed by atoms with van der Waals surface area (Å²) in [5.41, 5.74) is 1.98. The molecular weight excluding hydrogens is 226 g/mol. The molecule has 2 atom stereocenters. The number of rotatable bonds is 3. The number of hydrogen-bond donors (Lipinski definition) is 1. The number of benzene rings is 1. The maximum absolute atomic E-state index is 5.51. The van der Waals surface area contributed by atoms with Gasteiger partial charge in [-0.15, -0.1) is 0 Å². The average molecular weight is 243 g/mol. The molecule has 18 heavy (non-hydrogen) atoms. The molecule has 1 aliphatic rings. The molecule has 0 bridgehead atoms. The Labute approximate surface area is 106 Å². The molecule has 3 rings (SSSR count). The summed E-state index contributed by atoms with van der Waals surface area (Å²) in [6.07, 6.45) is 5.59. The number of nitrogens with one attached hydrogen (secondary N) is 1. The molecule has 1 aliphatic carbocycles. The minimum Gasteiger partial charge on any atom is -0.379 e. The van der Waals surface area contributed by atoms with E-state index in [9.17, 15) is 0 Å². The van der Waals surface area contributed by atoms with Gasteiger partial charge in [0.05, 0.1) is 29.5 Å². The van der Waals surface area contributed by atoms with Gasteiger partial charge < -0.3 is 10.1 Å². The Morgan fingerprint density at radius 3 is 3.06 bits per heavy atom. The van der Waals surface area contributed by atoms with Crippen LogP contribution in [0.5, 0.6) is 0 Å². The highest BCUT2D eigenvalue weighted by Crippen LogP contribution is 2.27. The SMILES string of the molecule is COC1CCCC1Nc1cnnc2ccccc12. The predicted molar refractivity (Wildman–Crippen MR) is 71.6 cm³/mol. The standard InChI is InChI=1S/C14H17N3O/c1-18-14-8-4-7-12(14)16-13-9-15-17-11-6-3-2-5-10(11)13/h2-3,5-6,9,12,14H,4,7-8H2,1H3,(H,16,17). The van der Waals surface area contributed by atoms with Crippen LogP contribution in [0.15, 0.2) is 30.5 Å². The third-order valence-corrected chi connectivity index (χ3v) is 3.64. The van der Waals surface area contributed by atoms with Crippen molar-refractivity contribution in [3.63, 3.8) is 0 Å². The van der Waals surface area contributed by atoms with E-state index in [0.29, 0.717) is 12.1 Å². The summed E-state index contributed by atoms with van der Waals surface area (Å²) in [5.74, 6) is 0. The lowest BCUT2D eigenvalue weighted by atomic mass is 10.1. The van der Waals surface area contributed by atoms with Crippen LogP contribution < -0.4 is 5.32 Å². The van der Waals surface area contributed by atoms with Gasteiger partial charge in [0, 0.05) is 12.5 Å². The number of hydrogen-bond acceptors (Lipinski definition) is 4. The maximum Gasteiger partial charge on any atom is 0.0950 e. The van der Waals surface area contributed by atoms with Crippen LogP contribution in [0.4, 0.5) is 5.69 Å². The topological polar surface area (TPSA) is 47.0 Å². The van der Waals surface area contributed by atoms with Crippen molar-refractivity contribution in [2.24, 2.45) is 0 Å². The first kappa shape index (κ1) is 11.4. The van der Waals surface area contributed by atoms with Gasteiger partial charge in [-0.25, -0.2) is 0 Å². The predicted octanol–water partition coefficient (Wildman–Crippen LogP) is 2.61. The van der Waals surface area contributed by atoms with E-state index in [2.05, 4.69) is 21.6 Å². The normalized spacial score (nSPS) is 23.4. The average Bonchev–Trinajstić information content (AvgIpc) is 2.86. The quantitative estimate of drug-likeness (QED) is 0.900. The number of nitrogens with zero attached hydrogens (tertiary/aromatic N) is 2. The zero-order valence-corrected chi connectivity index (χ0v) is 10.5. The van der Waals surface area contributed by atoms with Crippen LogP contribution in [-0.4, -0.2) is 29.5 Å². The van der Waals surface area contributed by atoms with Crippen LogP contribution >= 0.6 is 0 Å². The number of ether oxygens (including phenoxy) is 1. The van der Waals surface area contributed by atoms with Crippen LogP contribution in [0.25, 0.3) is 10.9 Å². The fraction of sp³-hybridized carbons (Fsp3) is 0.429. The van der Waals surface area contributed by atoms with Crippen LogP contribution in [0.1, 0.15) is 19.3 Å². The van der Waals surface area contributed by atoms with Gasteiger partial charge in [0.1, 0.15) is 0 Å². The molecule has 0 amide bonds. The van der Waals surface area contributed by atoms with Gasteiger partial charge in [-0.1, -0.05) is 18.2 Å². The van der Waals surface area contributed by atoms with E-state index in [0.717, 1.165) is 29.4 Å². The van der Waals surface area contributed by atoms with Gasteiger partial charge in [0.25, 0.3) is 0 Å². The Morgan fingerprint density at radius 1 is 1.28 bits per heavy atom. The minimum absolute atomic E-state index is 0.303. The molecule has 0 saturated heterocycles. The summed E-state index contributed by atoms with van der Waals surface area (Å²) in [6, 6.07) is 8.44. The largest absolute Gasteiger partial charge is 0.379 e. The molecule has 2 aromatic rings. The smallest absolute Gasteiger partial charge is 0.0950 e. The van der Waals surface area contributed by atoms with Crippen LogP contribution in [0, 0.1) is 0 Å². The molecule has 1 saturated carbocycles. The Morgan fingerprint density at radius 2 is 2.17 bits per heavy atom. The number of fused-ring (bicyclic) bond motifs is 1. The van der Waals surface area contributed by atoms with Crippen LogP contribution in [-0.2, 0) is 4.74 Å². The summed E-state index contributed by atoms with van der Waals surface area (Å²) in [7, 11) is 1.79. The van der Waals surface area contributed by atoms with Gasteiger partial charge in [-0.2, -0.15) is 10.2 Å². The van der Waals surface area contributed by atoms with Gasteiger partial charge in [-0.3, -0.25) is 0 Å². The van der Waals surface area contributed by atoms with Crippen molar-refractivity contribution >= 4 is 16.6 Å². The van der Waals surface area contributed by atoms with Gasteiger partial charge in [-0.05, 0) is 25.3 Å². The van der Waals surface area contributed by atoms with Gasteiger partial charge in [0.2, 0.25) is 0 Å². The number of anilines is 1. The van der Waals surface area contributed by atoms with E-state index in [1.165, 1.54) is 6.42 Å². The first-order chi connectivity index (χ1) is 8.88.